The summed E-state index contributed by atoms with van der Waals surface area (Å²) in [6, 6.07) is 0. The Labute approximate surface area is 140 Å². The van der Waals surface area contributed by atoms with Crippen molar-refractivity contribution in [2.75, 3.05) is 33.2 Å². The van der Waals surface area contributed by atoms with Crippen LogP contribution in [0.2, 0.25) is 0 Å². The molecule has 1 saturated heterocycles. The molecule has 0 unspecified atom stereocenters. The summed E-state index contributed by atoms with van der Waals surface area (Å²) >= 11 is 0. The molecule has 0 spiro atoms. The molecule has 0 bridgehead atoms. The molecular weight excluding hydrogens is 288 g/mol. The summed E-state index contributed by atoms with van der Waals surface area (Å²) < 4.78 is 5.40. The Morgan fingerprint density at radius 3 is 2.57 bits per heavy atom. The molecule has 2 heterocycles. The smallest absolute Gasteiger partial charge is 0.240 e. The van der Waals surface area contributed by atoms with E-state index in [1.807, 2.05) is 0 Å². The lowest BCUT2D eigenvalue weighted by Crippen LogP contribution is -2.39. The zero-order valence-corrected chi connectivity index (χ0v) is 15.0. The van der Waals surface area contributed by atoms with Gasteiger partial charge in [0.25, 0.3) is 0 Å². The number of rotatable bonds is 8. The van der Waals surface area contributed by atoms with E-state index in [0.717, 1.165) is 49.0 Å². The molecule has 0 radical (unpaired) electrons. The molecule has 0 amide bonds. The Morgan fingerprint density at radius 2 is 1.91 bits per heavy atom. The first-order valence-electron chi connectivity index (χ1n) is 9.31. The molecule has 1 aliphatic heterocycles. The second-order valence-corrected chi connectivity index (χ2v) is 8.09. The number of aromatic nitrogens is 2. The number of likely N-dealkylation sites (tertiary alicyclic amines) is 1. The molecule has 130 valence electrons. The van der Waals surface area contributed by atoms with Gasteiger partial charge in [0.1, 0.15) is 0 Å². The van der Waals surface area contributed by atoms with Crippen LogP contribution >= 0.6 is 0 Å². The summed E-state index contributed by atoms with van der Waals surface area (Å²) in [4.78, 5) is 9.50. The number of hydrogen-bond donors (Lipinski definition) is 0. The van der Waals surface area contributed by atoms with Gasteiger partial charge in [-0.25, -0.2) is 0 Å². The highest BCUT2D eigenvalue weighted by Gasteiger charge is 2.25. The molecule has 1 aromatic rings. The lowest BCUT2D eigenvalue weighted by atomic mass is 9.95. The topological polar surface area (TPSA) is 45.4 Å². The molecule has 0 atom stereocenters. The number of hydrogen-bond acceptors (Lipinski definition) is 5. The van der Waals surface area contributed by atoms with Gasteiger partial charge in [-0.15, -0.1) is 0 Å². The summed E-state index contributed by atoms with van der Waals surface area (Å²) in [5, 5.41) is 4.11. The van der Waals surface area contributed by atoms with E-state index >= 15 is 0 Å². The first-order chi connectivity index (χ1) is 11.1. The predicted molar refractivity (Wildman–Crippen MR) is 91.1 cm³/mol. The predicted octanol–water partition coefficient (Wildman–Crippen LogP) is 2.82. The fourth-order valence-electron chi connectivity index (χ4n) is 3.62. The summed E-state index contributed by atoms with van der Waals surface area (Å²) in [6.45, 7) is 10.3. The Hall–Kier alpha value is -0.940. The Balaban J connectivity index is 1.37. The zero-order chi connectivity index (χ0) is 16.2. The van der Waals surface area contributed by atoms with Crippen LogP contribution in [0.1, 0.15) is 51.2 Å². The van der Waals surface area contributed by atoms with E-state index in [-0.39, 0.29) is 0 Å². The maximum Gasteiger partial charge on any atom is 0.240 e. The normalized spacial score (nSPS) is 20.7. The quantitative estimate of drug-likeness (QED) is 0.737. The van der Waals surface area contributed by atoms with Crippen molar-refractivity contribution in [1.82, 2.24) is 19.9 Å². The fourth-order valence-corrected chi connectivity index (χ4v) is 3.62. The lowest BCUT2D eigenvalue weighted by molar-refractivity contribution is 0.137. The maximum atomic E-state index is 5.40. The third kappa shape index (κ3) is 5.57. The van der Waals surface area contributed by atoms with E-state index in [0.29, 0.717) is 0 Å². The number of nitrogens with zero attached hydrogens (tertiary/aromatic N) is 4. The van der Waals surface area contributed by atoms with Crippen molar-refractivity contribution in [3.05, 3.63) is 11.7 Å². The van der Waals surface area contributed by atoms with Crippen molar-refractivity contribution >= 4 is 0 Å². The average Bonchev–Trinajstić information content (AvgIpc) is 3.19. The van der Waals surface area contributed by atoms with Crippen LogP contribution in [0.5, 0.6) is 0 Å². The van der Waals surface area contributed by atoms with Crippen LogP contribution in [0.4, 0.5) is 0 Å². The highest BCUT2D eigenvalue weighted by Crippen LogP contribution is 2.31. The van der Waals surface area contributed by atoms with Gasteiger partial charge in [0.2, 0.25) is 5.89 Å². The summed E-state index contributed by atoms with van der Waals surface area (Å²) in [5.41, 5.74) is 0. The van der Waals surface area contributed by atoms with Crippen molar-refractivity contribution in [3.8, 4) is 0 Å². The molecule has 2 aliphatic rings. The van der Waals surface area contributed by atoms with E-state index in [9.17, 15) is 0 Å². The summed E-state index contributed by atoms with van der Waals surface area (Å²) in [6.07, 6.45) is 6.29. The van der Waals surface area contributed by atoms with E-state index in [1.165, 1.54) is 45.3 Å². The van der Waals surface area contributed by atoms with Crippen molar-refractivity contribution in [3.63, 3.8) is 0 Å². The molecule has 0 N–H and O–H groups in total. The standard InChI is InChI=1S/C18H32N4O/c1-14(2)11-22-8-6-16(7-9-22)12-21(3)13-18-19-17(20-23-18)10-15-4-5-15/h14-16H,4-13H2,1-3H3. The highest BCUT2D eigenvalue weighted by molar-refractivity contribution is 4.92. The highest BCUT2D eigenvalue weighted by atomic mass is 16.5. The van der Waals surface area contributed by atoms with Crippen LogP contribution in [0, 0.1) is 17.8 Å². The van der Waals surface area contributed by atoms with Gasteiger partial charge >= 0.3 is 0 Å². The molecule has 1 saturated carbocycles. The minimum atomic E-state index is 0.775. The van der Waals surface area contributed by atoms with Crippen LogP contribution < -0.4 is 0 Å². The van der Waals surface area contributed by atoms with Crippen molar-refractivity contribution in [2.24, 2.45) is 17.8 Å². The minimum absolute atomic E-state index is 0.775. The Bertz CT molecular complexity index is 475. The minimum Gasteiger partial charge on any atom is -0.338 e. The zero-order valence-electron chi connectivity index (χ0n) is 15.0. The molecule has 23 heavy (non-hydrogen) atoms. The molecule has 0 aromatic carbocycles. The van der Waals surface area contributed by atoms with E-state index in [1.54, 1.807) is 0 Å². The molecule has 1 aliphatic carbocycles. The van der Waals surface area contributed by atoms with Crippen molar-refractivity contribution < 1.29 is 4.52 Å². The molecule has 5 nitrogen and oxygen atoms in total. The fraction of sp³-hybridized carbons (Fsp3) is 0.889. The van der Waals surface area contributed by atoms with Crippen LogP contribution in [0.15, 0.2) is 4.52 Å². The van der Waals surface area contributed by atoms with Gasteiger partial charge < -0.3 is 9.42 Å². The van der Waals surface area contributed by atoms with Crippen LogP contribution in [-0.4, -0.2) is 53.2 Å². The molecule has 5 heteroatoms. The second kappa shape index (κ2) is 7.75. The van der Waals surface area contributed by atoms with E-state index in [2.05, 4.69) is 40.8 Å². The van der Waals surface area contributed by atoms with Gasteiger partial charge in [0.05, 0.1) is 6.54 Å². The van der Waals surface area contributed by atoms with Crippen LogP contribution in [0.25, 0.3) is 0 Å². The Kier molecular flexibility index (Phi) is 5.70. The van der Waals surface area contributed by atoms with Crippen molar-refractivity contribution in [2.45, 2.75) is 52.5 Å². The summed E-state index contributed by atoms with van der Waals surface area (Å²) in [7, 11) is 2.17. The first-order valence-corrected chi connectivity index (χ1v) is 9.31. The van der Waals surface area contributed by atoms with Gasteiger partial charge in [-0.1, -0.05) is 19.0 Å². The maximum absolute atomic E-state index is 5.40. The second-order valence-electron chi connectivity index (χ2n) is 8.09. The SMILES string of the molecule is CC(C)CN1CCC(CN(C)Cc2nc(CC3CC3)no2)CC1. The van der Waals surface area contributed by atoms with Gasteiger partial charge in [-0.2, -0.15) is 4.98 Å². The largest absolute Gasteiger partial charge is 0.338 e. The van der Waals surface area contributed by atoms with Gasteiger partial charge in [0.15, 0.2) is 5.82 Å². The molecule has 3 rings (SSSR count). The summed E-state index contributed by atoms with van der Waals surface area (Å²) in [5.74, 6) is 4.07. The average molecular weight is 320 g/mol. The van der Waals surface area contributed by atoms with E-state index < -0.39 is 0 Å². The van der Waals surface area contributed by atoms with Crippen LogP contribution in [0.3, 0.4) is 0 Å². The lowest BCUT2D eigenvalue weighted by Gasteiger charge is -2.34. The van der Waals surface area contributed by atoms with Gasteiger partial charge in [-0.05, 0) is 63.6 Å². The van der Waals surface area contributed by atoms with Gasteiger partial charge in [0, 0.05) is 19.5 Å². The van der Waals surface area contributed by atoms with Crippen LogP contribution in [-0.2, 0) is 13.0 Å². The van der Waals surface area contributed by atoms with Gasteiger partial charge in [-0.3, -0.25) is 4.90 Å². The molecular formula is C18H32N4O. The molecule has 1 aromatic heterocycles. The molecule has 2 fully saturated rings. The first kappa shape index (κ1) is 16.9. The van der Waals surface area contributed by atoms with Crippen molar-refractivity contribution in [1.29, 1.82) is 0 Å². The Morgan fingerprint density at radius 1 is 1.17 bits per heavy atom. The third-order valence-corrected chi connectivity index (χ3v) is 4.98. The third-order valence-electron chi connectivity index (χ3n) is 4.98. The van der Waals surface area contributed by atoms with E-state index in [4.69, 9.17) is 4.52 Å². The monoisotopic (exact) mass is 320 g/mol. The number of piperidine rings is 1.